The second kappa shape index (κ2) is 5.96. The number of ether oxygens (including phenoxy) is 1. The zero-order valence-corrected chi connectivity index (χ0v) is 12.8. The third-order valence-electron chi connectivity index (χ3n) is 4.27. The standard InChI is InChI=1S/C16H21N3O3/c1-3-22-16(21)12-8-18-15-11(4-5-17-15)14(12)19-13-7-10(20)6-9(13)2/h4-5,8-10,13,20H,3,6-7H2,1-2H3,(H2,17,18,19). The normalized spacial score (nSPS) is 24.6. The summed E-state index contributed by atoms with van der Waals surface area (Å²) in [5.41, 5.74) is 1.89. The molecule has 0 amide bonds. The summed E-state index contributed by atoms with van der Waals surface area (Å²) in [6, 6.07) is 2.02. The molecule has 3 atom stereocenters. The lowest BCUT2D eigenvalue weighted by Gasteiger charge is -2.21. The molecule has 118 valence electrons. The first-order valence-electron chi connectivity index (χ1n) is 7.68. The average Bonchev–Trinajstić information content (AvgIpc) is 3.06. The summed E-state index contributed by atoms with van der Waals surface area (Å²) in [6.45, 7) is 4.21. The highest BCUT2D eigenvalue weighted by molar-refractivity contribution is 6.04. The number of fused-ring (bicyclic) bond motifs is 1. The van der Waals surface area contributed by atoms with Crippen molar-refractivity contribution >= 4 is 22.7 Å². The molecule has 1 aliphatic carbocycles. The van der Waals surface area contributed by atoms with Crippen LogP contribution >= 0.6 is 0 Å². The largest absolute Gasteiger partial charge is 0.462 e. The predicted molar refractivity (Wildman–Crippen MR) is 83.9 cm³/mol. The highest BCUT2D eigenvalue weighted by Crippen LogP contribution is 2.33. The average molecular weight is 303 g/mol. The first kappa shape index (κ1) is 14.8. The number of anilines is 1. The van der Waals surface area contributed by atoms with E-state index in [1.807, 2.05) is 6.07 Å². The Bertz CT molecular complexity index is 682. The van der Waals surface area contributed by atoms with Gasteiger partial charge in [0, 0.05) is 23.8 Å². The van der Waals surface area contributed by atoms with Gasteiger partial charge in [0.1, 0.15) is 11.2 Å². The van der Waals surface area contributed by atoms with Crippen LogP contribution in [0.4, 0.5) is 5.69 Å². The molecular weight excluding hydrogens is 282 g/mol. The van der Waals surface area contributed by atoms with Gasteiger partial charge in [-0.3, -0.25) is 0 Å². The molecule has 2 aromatic rings. The number of hydrogen-bond acceptors (Lipinski definition) is 5. The summed E-state index contributed by atoms with van der Waals surface area (Å²) in [4.78, 5) is 19.5. The van der Waals surface area contributed by atoms with Crippen LogP contribution in [0.2, 0.25) is 0 Å². The van der Waals surface area contributed by atoms with E-state index in [4.69, 9.17) is 4.74 Å². The number of aliphatic hydroxyl groups is 1. The molecule has 3 rings (SSSR count). The van der Waals surface area contributed by atoms with Crippen molar-refractivity contribution in [1.82, 2.24) is 9.97 Å². The Balaban J connectivity index is 1.99. The lowest BCUT2D eigenvalue weighted by Crippen LogP contribution is -2.24. The molecule has 1 aliphatic rings. The molecule has 6 heteroatoms. The lowest BCUT2D eigenvalue weighted by molar-refractivity contribution is 0.0527. The van der Waals surface area contributed by atoms with Crippen LogP contribution < -0.4 is 5.32 Å². The number of pyridine rings is 1. The zero-order valence-electron chi connectivity index (χ0n) is 12.8. The number of carbonyl (C=O) groups excluding carboxylic acids is 1. The molecule has 2 aromatic heterocycles. The quantitative estimate of drug-likeness (QED) is 0.754. The predicted octanol–water partition coefficient (Wildman–Crippen LogP) is 2.31. The Morgan fingerprint density at radius 1 is 1.55 bits per heavy atom. The van der Waals surface area contributed by atoms with Crippen molar-refractivity contribution in [2.24, 2.45) is 5.92 Å². The van der Waals surface area contributed by atoms with E-state index in [1.165, 1.54) is 6.20 Å². The van der Waals surface area contributed by atoms with E-state index in [1.54, 1.807) is 13.1 Å². The van der Waals surface area contributed by atoms with Gasteiger partial charge in [-0.1, -0.05) is 6.92 Å². The summed E-state index contributed by atoms with van der Waals surface area (Å²) in [7, 11) is 0. The van der Waals surface area contributed by atoms with E-state index in [-0.39, 0.29) is 18.1 Å². The maximum absolute atomic E-state index is 12.2. The number of aliphatic hydroxyl groups excluding tert-OH is 1. The van der Waals surface area contributed by atoms with Crippen molar-refractivity contribution in [2.75, 3.05) is 11.9 Å². The number of hydrogen-bond donors (Lipinski definition) is 3. The molecule has 6 nitrogen and oxygen atoms in total. The first-order chi connectivity index (χ1) is 10.6. The molecule has 3 N–H and O–H groups in total. The van der Waals surface area contributed by atoms with Crippen LogP contribution in [0.3, 0.4) is 0 Å². The van der Waals surface area contributed by atoms with Crippen LogP contribution in [-0.2, 0) is 4.74 Å². The van der Waals surface area contributed by atoms with Gasteiger partial charge in [-0.25, -0.2) is 9.78 Å². The smallest absolute Gasteiger partial charge is 0.341 e. The molecule has 1 saturated carbocycles. The van der Waals surface area contributed by atoms with E-state index in [9.17, 15) is 9.90 Å². The van der Waals surface area contributed by atoms with Gasteiger partial charge in [0.05, 0.1) is 18.4 Å². The van der Waals surface area contributed by atoms with Gasteiger partial charge in [0.25, 0.3) is 0 Å². The summed E-state index contributed by atoms with van der Waals surface area (Å²) in [5.74, 6) is -0.0426. The first-order valence-corrected chi connectivity index (χ1v) is 7.68. The number of aromatic nitrogens is 2. The molecule has 22 heavy (non-hydrogen) atoms. The molecular formula is C16H21N3O3. The van der Waals surface area contributed by atoms with Crippen LogP contribution in [-0.4, -0.2) is 39.8 Å². The number of carbonyl (C=O) groups is 1. The Labute approximate surface area is 128 Å². The molecule has 0 bridgehead atoms. The van der Waals surface area contributed by atoms with Crippen molar-refractivity contribution in [3.05, 3.63) is 24.0 Å². The van der Waals surface area contributed by atoms with Crippen LogP contribution in [0, 0.1) is 5.92 Å². The van der Waals surface area contributed by atoms with Crippen molar-refractivity contribution in [3.63, 3.8) is 0 Å². The Morgan fingerprint density at radius 3 is 3.05 bits per heavy atom. The van der Waals surface area contributed by atoms with Crippen LogP contribution in [0.1, 0.15) is 37.0 Å². The van der Waals surface area contributed by atoms with Crippen molar-refractivity contribution in [3.8, 4) is 0 Å². The Kier molecular flexibility index (Phi) is 4.02. The maximum Gasteiger partial charge on any atom is 0.341 e. The fourth-order valence-corrected chi connectivity index (χ4v) is 3.13. The fraction of sp³-hybridized carbons (Fsp3) is 0.500. The van der Waals surface area contributed by atoms with Gasteiger partial charge in [0.2, 0.25) is 0 Å². The molecule has 0 saturated heterocycles. The Hall–Kier alpha value is -2.08. The van der Waals surface area contributed by atoms with E-state index >= 15 is 0 Å². The number of rotatable bonds is 4. The monoisotopic (exact) mass is 303 g/mol. The molecule has 2 heterocycles. The van der Waals surface area contributed by atoms with Gasteiger partial charge in [0.15, 0.2) is 0 Å². The molecule has 3 unspecified atom stereocenters. The van der Waals surface area contributed by atoms with Gasteiger partial charge in [-0.15, -0.1) is 0 Å². The van der Waals surface area contributed by atoms with E-state index < -0.39 is 0 Å². The topological polar surface area (TPSA) is 87.2 Å². The minimum Gasteiger partial charge on any atom is -0.462 e. The van der Waals surface area contributed by atoms with Crippen LogP contribution in [0.15, 0.2) is 18.5 Å². The second-order valence-corrected chi connectivity index (χ2v) is 5.86. The second-order valence-electron chi connectivity index (χ2n) is 5.86. The molecule has 0 spiro atoms. The number of esters is 1. The van der Waals surface area contributed by atoms with Gasteiger partial charge < -0.3 is 20.1 Å². The highest BCUT2D eigenvalue weighted by Gasteiger charge is 2.31. The van der Waals surface area contributed by atoms with Crippen molar-refractivity contribution in [1.29, 1.82) is 0 Å². The van der Waals surface area contributed by atoms with E-state index in [0.29, 0.717) is 24.5 Å². The summed E-state index contributed by atoms with van der Waals surface area (Å²) in [5, 5.41) is 14.1. The minimum atomic E-state index is -0.383. The molecule has 1 fully saturated rings. The van der Waals surface area contributed by atoms with Crippen LogP contribution in [0.25, 0.3) is 11.0 Å². The van der Waals surface area contributed by atoms with E-state index in [0.717, 1.165) is 23.1 Å². The van der Waals surface area contributed by atoms with Gasteiger partial charge >= 0.3 is 5.97 Å². The summed E-state index contributed by atoms with van der Waals surface area (Å²) >= 11 is 0. The van der Waals surface area contributed by atoms with Gasteiger partial charge in [-0.05, 0) is 31.7 Å². The molecule has 0 aromatic carbocycles. The highest BCUT2D eigenvalue weighted by atomic mass is 16.5. The minimum absolute atomic E-state index is 0.128. The lowest BCUT2D eigenvalue weighted by atomic mass is 10.0. The zero-order chi connectivity index (χ0) is 15.7. The maximum atomic E-state index is 12.2. The number of nitrogens with one attached hydrogen (secondary N) is 2. The number of nitrogens with zero attached hydrogens (tertiary/aromatic N) is 1. The fourth-order valence-electron chi connectivity index (χ4n) is 3.13. The number of H-pyrrole nitrogens is 1. The SMILES string of the molecule is CCOC(=O)c1cnc2[nH]ccc2c1NC1CC(O)CC1C. The summed E-state index contributed by atoms with van der Waals surface area (Å²) in [6.07, 6.45) is 4.49. The third-order valence-corrected chi connectivity index (χ3v) is 4.27. The molecule has 0 radical (unpaired) electrons. The van der Waals surface area contributed by atoms with E-state index in [2.05, 4.69) is 22.2 Å². The third kappa shape index (κ3) is 2.66. The summed E-state index contributed by atoms with van der Waals surface area (Å²) < 4.78 is 5.13. The molecule has 0 aliphatic heterocycles. The van der Waals surface area contributed by atoms with Gasteiger partial charge in [-0.2, -0.15) is 0 Å². The Morgan fingerprint density at radius 2 is 2.36 bits per heavy atom. The van der Waals surface area contributed by atoms with Crippen molar-refractivity contribution in [2.45, 2.75) is 38.8 Å². The number of aromatic amines is 1. The van der Waals surface area contributed by atoms with Crippen molar-refractivity contribution < 1.29 is 14.6 Å². The van der Waals surface area contributed by atoms with Crippen LogP contribution in [0.5, 0.6) is 0 Å².